The van der Waals surface area contributed by atoms with Gasteiger partial charge in [-0.25, -0.2) is 0 Å². The first-order valence-corrected chi connectivity index (χ1v) is 8.92. The zero-order valence-electron chi connectivity index (χ0n) is 14.6. The van der Waals surface area contributed by atoms with Crippen molar-refractivity contribution in [3.05, 3.63) is 41.9 Å². The lowest BCUT2D eigenvalue weighted by Crippen LogP contribution is -2.13. The summed E-state index contributed by atoms with van der Waals surface area (Å²) in [6.07, 6.45) is 5.59. The molecule has 0 radical (unpaired) electrons. The van der Waals surface area contributed by atoms with Gasteiger partial charge in [0, 0.05) is 35.5 Å². The van der Waals surface area contributed by atoms with E-state index in [1.165, 1.54) is 16.5 Å². The number of carbonyl (C=O) groups excluding carboxylic acids is 1. The highest BCUT2D eigenvalue weighted by Crippen LogP contribution is 2.38. The van der Waals surface area contributed by atoms with E-state index in [-0.39, 0.29) is 5.91 Å². The molecule has 4 rings (SSSR count). The molecule has 6 nitrogen and oxygen atoms in total. The highest BCUT2D eigenvalue weighted by Gasteiger charge is 2.27. The molecule has 0 bridgehead atoms. The third kappa shape index (κ3) is 3.29. The van der Waals surface area contributed by atoms with E-state index in [0.29, 0.717) is 30.7 Å². The van der Waals surface area contributed by atoms with Crippen LogP contribution in [-0.2, 0) is 11.2 Å². The summed E-state index contributed by atoms with van der Waals surface area (Å²) in [5, 5.41) is 11.0. The summed E-state index contributed by atoms with van der Waals surface area (Å²) >= 11 is 0. The highest BCUT2D eigenvalue weighted by atomic mass is 16.1. The van der Waals surface area contributed by atoms with Crippen LogP contribution in [0.15, 0.2) is 30.5 Å². The smallest absolute Gasteiger partial charge is 0.248 e. The fourth-order valence-electron chi connectivity index (χ4n) is 3.21. The molecule has 1 fully saturated rings. The van der Waals surface area contributed by atoms with Crippen molar-refractivity contribution < 1.29 is 4.79 Å². The molecular weight excluding hydrogens is 314 g/mol. The van der Waals surface area contributed by atoms with Gasteiger partial charge in [0.1, 0.15) is 5.82 Å². The Hall–Kier alpha value is -2.63. The number of benzene rings is 1. The van der Waals surface area contributed by atoms with E-state index in [2.05, 4.69) is 63.3 Å². The van der Waals surface area contributed by atoms with Crippen molar-refractivity contribution in [1.29, 1.82) is 0 Å². The van der Waals surface area contributed by atoms with Crippen molar-refractivity contribution >= 4 is 22.8 Å². The molecule has 25 heavy (non-hydrogen) atoms. The van der Waals surface area contributed by atoms with Crippen LogP contribution in [0.2, 0.25) is 0 Å². The number of aryl methyl sites for hydroxylation is 1. The van der Waals surface area contributed by atoms with Crippen molar-refractivity contribution in [2.75, 3.05) is 5.32 Å². The first kappa shape index (κ1) is 15.9. The number of aromatic nitrogens is 4. The van der Waals surface area contributed by atoms with Gasteiger partial charge in [0.25, 0.3) is 0 Å². The number of hydrogen-bond donors (Lipinski definition) is 2. The van der Waals surface area contributed by atoms with Crippen LogP contribution < -0.4 is 5.32 Å². The lowest BCUT2D eigenvalue weighted by molar-refractivity contribution is -0.116. The molecule has 130 valence electrons. The van der Waals surface area contributed by atoms with E-state index >= 15 is 0 Å². The van der Waals surface area contributed by atoms with E-state index in [1.54, 1.807) is 0 Å². The molecule has 0 unspecified atom stereocenters. The number of H-pyrrole nitrogens is 1. The molecule has 1 aliphatic rings. The van der Waals surface area contributed by atoms with E-state index in [9.17, 15) is 4.79 Å². The highest BCUT2D eigenvalue weighted by molar-refractivity contribution is 5.90. The summed E-state index contributed by atoms with van der Waals surface area (Å²) in [5.74, 6) is 1.72. The molecule has 2 N–H and O–H groups in total. The fraction of sp³-hybridized carbons (Fsp3) is 0.421. The number of nitrogens with one attached hydrogen (secondary N) is 2. The number of nitrogens with zero attached hydrogens (tertiary/aromatic N) is 3. The first-order valence-electron chi connectivity index (χ1n) is 8.92. The Morgan fingerprint density at radius 1 is 1.36 bits per heavy atom. The SMILES string of the molecule is CC(C)n1cc(CCC(=O)Nc2n[nH]c(C3CC3)n2)c2ccccc21. The molecule has 3 aromatic rings. The second kappa shape index (κ2) is 6.35. The van der Waals surface area contributed by atoms with Crippen LogP contribution in [0.5, 0.6) is 0 Å². The Morgan fingerprint density at radius 3 is 2.92 bits per heavy atom. The van der Waals surface area contributed by atoms with Crippen LogP contribution in [0.1, 0.15) is 56.5 Å². The molecule has 6 heteroatoms. The van der Waals surface area contributed by atoms with E-state index in [0.717, 1.165) is 18.7 Å². The summed E-state index contributed by atoms with van der Waals surface area (Å²) < 4.78 is 2.26. The summed E-state index contributed by atoms with van der Waals surface area (Å²) in [5.41, 5.74) is 2.42. The largest absolute Gasteiger partial charge is 0.345 e. The standard InChI is InChI=1S/C19H23N5O/c1-12(2)24-11-14(15-5-3-4-6-16(15)24)9-10-17(25)20-19-21-18(22-23-19)13-7-8-13/h3-6,11-13H,7-10H2,1-2H3,(H2,20,21,22,23,25). The summed E-state index contributed by atoms with van der Waals surface area (Å²) in [4.78, 5) is 16.6. The van der Waals surface area contributed by atoms with E-state index in [4.69, 9.17) is 0 Å². The van der Waals surface area contributed by atoms with Crippen molar-refractivity contribution in [3.63, 3.8) is 0 Å². The van der Waals surface area contributed by atoms with Crippen LogP contribution in [-0.4, -0.2) is 25.7 Å². The number of aromatic amines is 1. The van der Waals surface area contributed by atoms with Crippen LogP contribution >= 0.6 is 0 Å². The zero-order valence-corrected chi connectivity index (χ0v) is 14.6. The second-order valence-corrected chi connectivity index (χ2v) is 7.04. The lowest BCUT2D eigenvalue weighted by atomic mass is 10.1. The molecule has 0 spiro atoms. The average Bonchev–Trinajstić information content (AvgIpc) is 3.23. The van der Waals surface area contributed by atoms with Gasteiger partial charge in [0.15, 0.2) is 0 Å². The minimum absolute atomic E-state index is 0.0530. The molecule has 1 aliphatic carbocycles. The van der Waals surface area contributed by atoms with Gasteiger partial charge in [0.05, 0.1) is 0 Å². The van der Waals surface area contributed by atoms with Gasteiger partial charge < -0.3 is 4.57 Å². The number of para-hydroxylation sites is 1. The van der Waals surface area contributed by atoms with Gasteiger partial charge in [0.2, 0.25) is 11.9 Å². The fourth-order valence-corrected chi connectivity index (χ4v) is 3.21. The number of carbonyl (C=O) groups is 1. The Morgan fingerprint density at radius 2 is 2.16 bits per heavy atom. The third-order valence-corrected chi connectivity index (χ3v) is 4.72. The molecule has 1 saturated carbocycles. The van der Waals surface area contributed by atoms with Crippen LogP contribution in [0.3, 0.4) is 0 Å². The number of rotatable bonds is 6. The minimum atomic E-state index is -0.0530. The van der Waals surface area contributed by atoms with Crippen molar-refractivity contribution in [2.45, 2.75) is 51.5 Å². The van der Waals surface area contributed by atoms with Crippen molar-refractivity contribution in [1.82, 2.24) is 19.7 Å². The van der Waals surface area contributed by atoms with Crippen molar-refractivity contribution in [2.24, 2.45) is 0 Å². The third-order valence-electron chi connectivity index (χ3n) is 4.72. The summed E-state index contributed by atoms with van der Waals surface area (Å²) in [7, 11) is 0. The molecule has 2 aromatic heterocycles. The molecule has 1 aromatic carbocycles. The van der Waals surface area contributed by atoms with Gasteiger partial charge in [-0.1, -0.05) is 18.2 Å². The topological polar surface area (TPSA) is 75.6 Å². The zero-order chi connectivity index (χ0) is 17.4. The van der Waals surface area contributed by atoms with Crippen LogP contribution in [0.4, 0.5) is 5.95 Å². The molecule has 0 saturated heterocycles. The maximum absolute atomic E-state index is 12.2. The summed E-state index contributed by atoms with van der Waals surface area (Å²) in [6, 6.07) is 8.74. The maximum atomic E-state index is 12.2. The molecule has 0 atom stereocenters. The van der Waals surface area contributed by atoms with Gasteiger partial charge in [-0.15, -0.1) is 5.10 Å². The predicted octanol–water partition coefficient (Wildman–Crippen LogP) is 3.79. The monoisotopic (exact) mass is 337 g/mol. The van der Waals surface area contributed by atoms with Crippen molar-refractivity contribution in [3.8, 4) is 0 Å². The van der Waals surface area contributed by atoms with Gasteiger partial charge in [-0.2, -0.15) is 4.98 Å². The van der Waals surface area contributed by atoms with Gasteiger partial charge >= 0.3 is 0 Å². The molecule has 2 heterocycles. The number of anilines is 1. The molecular formula is C19H23N5O. The number of hydrogen-bond acceptors (Lipinski definition) is 3. The van der Waals surface area contributed by atoms with Crippen LogP contribution in [0.25, 0.3) is 10.9 Å². The van der Waals surface area contributed by atoms with Gasteiger partial charge in [-0.05, 0) is 44.7 Å². The lowest BCUT2D eigenvalue weighted by Gasteiger charge is -2.08. The Bertz CT molecular complexity index is 904. The number of amides is 1. The average molecular weight is 337 g/mol. The van der Waals surface area contributed by atoms with Gasteiger partial charge in [-0.3, -0.25) is 15.2 Å². The number of fused-ring (bicyclic) bond motifs is 1. The first-order chi connectivity index (χ1) is 12.1. The van der Waals surface area contributed by atoms with Crippen LogP contribution in [0, 0.1) is 0 Å². The summed E-state index contributed by atoms with van der Waals surface area (Å²) in [6.45, 7) is 4.34. The Kier molecular flexibility index (Phi) is 4.03. The van der Waals surface area contributed by atoms with E-state index < -0.39 is 0 Å². The second-order valence-electron chi connectivity index (χ2n) is 7.04. The molecule has 1 amide bonds. The maximum Gasteiger partial charge on any atom is 0.248 e. The minimum Gasteiger partial charge on any atom is -0.345 e. The predicted molar refractivity (Wildman–Crippen MR) is 97.6 cm³/mol. The van der Waals surface area contributed by atoms with E-state index in [1.807, 2.05) is 6.07 Å². The normalized spacial score (nSPS) is 14.4. The Labute approximate surface area is 146 Å². The molecule has 0 aliphatic heterocycles. The Balaban J connectivity index is 1.43. The quantitative estimate of drug-likeness (QED) is 0.718.